The summed E-state index contributed by atoms with van der Waals surface area (Å²) in [6.07, 6.45) is 9.72. The number of aromatic hydroxyl groups is 1. The molecule has 170 valence electrons. The first-order chi connectivity index (χ1) is 14.8. The first-order valence-electron chi connectivity index (χ1n) is 11.9. The topological polar surface area (TPSA) is 49.5 Å². The smallest absolute Gasteiger partial charge is 0.311 e. The van der Waals surface area contributed by atoms with Gasteiger partial charge in [-0.25, -0.2) is 0 Å². The van der Waals surface area contributed by atoms with Crippen LogP contribution in [0.5, 0.6) is 11.5 Å². The molecule has 0 spiro atoms. The Morgan fingerprint density at radius 2 is 2.06 bits per heavy atom. The highest BCUT2D eigenvalue weighted by molar-refractivity contribution is 5.73. The molecule has 1 aromatic carbocycles. The van der Waals surface area contributed by atoms with Gasteiger partial charge in [-0.3, -0.25) is 4.79 Å². The summed E-state index contributed by atoms with van der Waals surface area (Å²) in [5, 5.41) is 11.1. The van der Waals surface area contributed by atoms with Crippen molar-refractivity contribution in [3.8, 4) is 11.5 Å². The van der Waals surface area contributed by atoms with E-state index in [9.17, 15) is 9.90 Å². The van der Waals surface area contributed by atoms with E-state index >= 15 is 0 Å². The Labute approximate surface area is 188 Å². The molecule has 4 nitrogen and oxygen atoms in total. The van der Waals surface area contributed by atoms with Crippen LogP contribution in [0.3, 0.4) is 0 Å². The fourth-order valence-electron chi connectivity index (χ4n) is 4.77. The van der Waals surface area contributed by atoms with E-state index in [-0.39, 0.29) is 23.6 Å². The molecule has 4 heteroatoms. The van der Waals surface area contributed by atoms with Gasteiger partial charge >= 0.3 is 5.97 Å². The predicted octanol–water partition coefficient (Wildman–Crippen LogP) is 6.14. The number of aryl methyl sites for hydroxylation is 1. The van der Waals surface area contributed by atoms with E-state index in [1.54, 1.807) is 0 Å². The van der Waals surface area contributed by atoms with Crippen LogP contribution < -0.4 is 4.74 Å². The van der Waals surface area contributed by atoms with Gasteiger partial charge in [-0.05, 0) is 76.6 Å². The lowest BCUT2D eigenvalue weighted by Crippen LogP contribution is -2.19. The van der Waals surface area contributed by atoms with Crippen LogP contribution in [0.15, 0.2) is 35.9 Å². The number of hydrogen-bond acceptors (Lipinski definition) is 4. The minimum atomic E-state index is -0.213. The van der Waals surface area contributed by atoms with Crippen molar-refractivity contribution < 1.29 is 14.6 Å². The summed E-state index contributed by atoms with van der Waals surface area (Å²) in [4.78, 5) is 14.9. The number of allylic oxidation sites excluding steroid dienone is 3. The second kappa shape index (κ2) is 10.5. The summed E-state index contributed by atoms with van der Waals surface area (Å²) in [6.45, 7) is 11.6. The number of phenols is 1. The van der Waals surface area contributed by atoms with E-state index in [1.165, 1.54) is 5.57 Å². The van der Waals surface area contributed by atoms with Crippen molar-refractivity contribution in [1.29, 1.82) is 0 Å². The summed E-state index contributed by atoms with van der Waals surface area (Å²) < 4.78 is 5.93. The van der Waals surface area contributed by atoms with Crippen LogP contribution in [0.2, 0.25) is 0 Å². The van der Waals surface area contributed by atoms with Crippen molar-refractivity contribution in [3.05, 3.63) is 47.1 Å². The number of ether oxygens (including phenoxy) is 1. The Balaban J connectivity index is 1.90. The second-order valence-corrected chi connectivity index (χ2v) is 9.62. The Kier molecular flexibility index (Phi) is 7.99. The third kappa shape index (κ3) is 6.22. The SMILES string of the molecule is C=C(C)C1CCC(C)=C[C@H]1c1c(O)cc(CCCCC)cc1OC(=O)CCC1CN1C. The number of rotatable bonds is 10. The molecule has 4 atom stereocenters. The second-order valence-electron chi connectivity index (χ2n) is 9.62. The third-order valence-corrected chi connectivity index (χ3v) is 6.86. The standard InChI is InChI=1S/C27H39NO3/c1-6-7-8-9-20-15-24(29)27(23-14-19(4)10-12-22(23)18(2)3)25(16-20)31-26(30)13-11-21-17-28(21)5/h14-16,21-23,29H,2,6-13,17H2,1,3-5H3/t21?,22?,23-,28?/m1/s1. The summed E-state index contributed by atoms with van der Waals surface area (Å²) in [5.41, 5.74) is 4.18. The lowest BCUT2D eigenvalue weighted by Gasteiger charge is -2.32. The van der Waals surface area contributed by atoms with E-state index in [1.807, 2.05) is 12.1 Å². The fraction of sp³-hybridized carbons (Fsp3) is 0.593. The number of esters is 1. The first kappa shape index (κ1) is 23.6. The summed E-state index contributed by atoms with van der Waals surface area (Å²) in [7, 11) is 2.07. The molecule has 1 aliphatic carbocycles. The van der Waals surface area contributed by atoms with Crippen LogP contribution in [0.4, 0.5) is 0 Å². The van der Waals surface area contributed by atoms with Gasteiger partial charge in [0.05, 0.1) is 0 Å². The molecule has 1 fully saturated rings. The quantitative estimate of drug-likeness (QED) is 0.161. The molecule has 1 aromatic rings. The summed E-state index contributed by atoms with van der Waals surface area (Å²) in [6, 6.07) is 4.35. The van der Waals surface area contributed by atoms with Crippen LogP contribution in [-0.2, 0) is 11.2 Å². The van der Waals surface area contributed by atoms with Gasteiger partial charge in [0.1, 0.15) is 11.5 Å². The highest BCUT2D eigenvalue weighted by atomic mass is 16.5. The van der Waals surface area contributed by atoms with Crippen molar-refractivity contribution in [2.45, 2.75) is 84.1 Å². The molecule has 1 N–H and O–H groups in total. The average Bonchev–Trinajstić information content (AvgIpc) is 3.41. The predicted molar refractivity (Wildman–Crippen MR) is 127 cm³/mol. The summed E-state index contributed by atoms with van der Waals surface area (Å²) >= 11 is 0. The van der Waals surface area contributed by atoms with Gasteiger partial charge in [0, 0.05) is 30.5 Å². The van der Waals surface area contributed by atoms with Gasteiger partial charge in [0.2, 0.25) is 0 Å². The van der Waals surface area contributed by atoms with E-state index in [0.717, 1.165) is 68.2 Å². The Hall–Kier alpha value is -2.07. The first-order valence-corrected chi connectivity index (χ1v) is 11.9. The largest absolute Gasteiger partial charge is 0.507 e. The third-order valence-electron chi connectivity index (χ3n) is 6.86. The number of nitrogens with zero attached hydrogens (tertiary/aromatic N) is 1. The number of hydrogen-bond donors (Lipinski definition) is 1. The van der Waals surface area contributed by atoms with Gasteiger partial charge in [0.25, 0.3) is 0 Å². The van der Waals surface area contributed by atoms with E-state index in [4.69, 9.17) is 4.74 Å². The Morgan fingerprint density at radius 3 is 2.71 bits per heavy atom. The summed E-state index contributed by atoms with van der Waals surface area (Å²) in [5.74, 6) is 0.769. The van der Waals surface area contributed by atoms with Crippen LogP contribution in [0.1, 0.15) is 82.8 Å². The number of benzene rings is 1. The minimum Gasteiger partial charge on any atom is -0.507 e. The highest BCUT2D eigenvalue weighted by Crippen LogP contribution is 2.47. The van der Waals surface area contributed by atoms with Crippen LogP contribution in [0, 0.1) is 5.92 Å². The van der Waals surface area contributed by atoms with E-state index < -0.39 is 0 Å². The van der Waals surface area contributed by atoms with Gasteiger partial charge in [0.15, 0.2) is 0 Å². The monoisotopic (exact) mass is 425 g/mol. The van der Waals surface area contributed by atoms with Gasteiger partial charge < -0.3 is 14.7 Å². The highest BCUT2D eigenvalue weighted by Gasteiger charge is 2.32. The normalized spacial score (nSPS) is 25.1. The van der Waals surface area contributed by atoms with Crippen molar-refractivity contribution in [2.24, 2.45) is 5.92 Å². The molecule has 0 radical (unpaired) electrons. The van der Waals surface area contributed by atoms with Gasteiger partial charge in [-0.15, -0.1) is 0 Å². The molecule has 2 aliphatic rings. The molecule has 1 aliphatic heterocycles. The minimum absolute atomic E-state index is 0.0201. The molecular formula is C27H39NO3. The Bertz CT molecular complexity index is 841. The molecule has 1 heterocycles. The number of unbranched alkanes of at least 4 members (excludes halogenated alkanes) is 2. The molecule has 0 saturated carbocycles. The van der Waals surface area contributed by atoms with Crippen LogP contribution in [-0.4, -0.2) is 35.6 Å². The van der Waals surface area contributed by atoms with Gasteiger partial charge in [-0.1, -0.05) is 43.6 Å². The molecule has 0 amide bonds. The fourth-order valence-corrected chi connectivity index (χ4v) is 4.77. The molecular weight excluding hydrogens is 386 g/mol. The van der Waals surface area contributed by atoms with Crippen molar-refractivity contribution in [3.63, 3.8) is 0 Å². The maximum absolute atomic E-state index is 12.7. The van der Waals surface area contributed by atoms with Crippen molar-refractivity contribution in [2.75, 3.05) is 13.6 Å². The number of likely N-dealkylation sites (N-methyl/N-ethyl adjacent to an activating group) is 1. The molecule has 1 saturated heterocycles. The zero-order valence-corrected chi connectivity index (χ0v) is 19.7. The number of carbonyl (C=O) groups is 1. The lowest BCUT2D eigenvalue weighted by atomic mass is 9.73. The molecule has 31 heavy (non-hydrogen) atoms. The molecule has 3 unspecified atom stereocenters. The van der Waals surface area contributed by atoms with Crippen LogP contribution >= 0.6 is 0 Å². The molecule has 3 rings (SSSR count). The average molecular weight is 426 g/mol. The van der Waals surface area contributed by atoms with E-state index in [2.05, 4.69) is 45.4 Å². The zero-order valence-electron chi connectivity index (χ0n) is 19.7. The maximum atomic E-state index is 12.7. The van der Waals surface area contributed by atoms with Crippen molar-refractivity contribution >= 4 is 5.97 Å². The zero-order chi connectivity index (χ0) is 22.5. The van der Waals surface area contributed by atoms with Crippen molar-refractivity contribution in [1.82, 2.24) is 4.90 Å². The van der Waals surface area contributed by atoms with E-state index in [0.29, 0.717) is 18.2 Å². The van der Waals surface area contributed by atoms with Gasteiger partial charge in [-0.2, -0.15) is 0 Å². The lowest BCUT2D eigenvalue weighted by molar-refractivity contribution is -0.134. The number of carbonyl (C=O) groups excluding carboxylic acids is 1. The molecule has 0 aromatic heterocycles. The molecule has 0 bridgehead atoms. The number of phenolic OH excluding ortho intramolecular Hbond substituents is 1. The van der Waals surface area contributed by atoms with Crippen LogP contribution in [0.25, 0.3) is 0 Å². The maximum Gasteiger partial charge on any atom is 0.311 e. The Morgan fingerprint density at radius 1 is 1.32 bits per heavy atom.